The maximum atomic E-state index is 3.81. The van der Waals surface area contributed by atoms with E-state index in [1.165, 1.54) is 18.5 Å². The third-order valence-corrected chi connectivity index (χ3v) is 4.37. The van der Waals surface area contributed by atoms with E-state index in [-0.39, 0.29) is 0 Å². The van der Waals surface area contributed by atoms with Gasteiger partial charge in [-0.2, -0.15) is 0 Å². The van der Waals surface area contributed by atoms with Crippen LogP contribution in [-0.2, 0) is 0 Å². The summed E-state index contributed by atoms with van der Waals surface area (Å²) in [5.74, 6) is 0.720. The van der Waals surface area contributed by atoms with Crippen molar-refractivity contribution in [3.63, 3.8) is 0 Å². The van der Waals surface area contributed by atoms with Crippen LogP contribution in [0.25, 0.3) is 0 Å². The Morgan fingerprint density at radius 1 is 1.22 bits per heavy atom. The molecule has 0 amide bonds. The lowest BCUT2D eigenvalue weighted by Crippen LogP contribution is -2.51. The van der Waals surface area contributed by atoms with Gasteiger partial charge in [0.2, 0.25) is 0 Å². The molecule has 0 aromatic heterocycles. The summed E-state index contributed by atoms with van der Waals surface area (Å²) in [6.07, 6.45) is 1.24. The lowest BCUT2D eigenvalue weighted by Gasteiger charge is -2.41. The number of likely N-dealkylation sites (tertiary alicyclic amines) is 1. The normalized spacial score (nSPS) is 31.2. The van der Waals surface area contributed by atoms with Crippen LogP contribution in [0.4, 0.5) is 0 Å². The second-order valence-electron chi connectivity index (χ2n) is 5.91. The molecule has 1 aliphatic rings. The van der Waals surface area contributed by atoms with Crippen LogP contribution in [0.15, 0.2) is 30.3 Å². The number of benzene rings is 1. The van der Waals surface area contributed by atoms with Gasteiger partial charge in [0.25, 0.3) is 0 Å². The second kappa shape index (κ2) is 5.85. The van der Waals surface area contributed by atoms with Crippen molar-refractivity contribution in [3.8, 4) is 0 Å². The Hall–Kier alpha value is -0.860. The van der Waals surface area contributed by atoms with Crippen molar-refractivity contribution in [2.45, 2.75) is 45.3 Å². The van der Waals surface area contributed by atoms with Gasteiger partial charge in [0.1, 0.15) is 0 Å². The Morgan fingerprint density at radius 3 is 2.56 bits per heavy atom. The molecular formula is C16H26N2. The molecule has 0 aliphatic carbocycles. The molecule has 1 N–H and O–H groups in total. The summed E-state index contributed by atoms with van der Waals surface area (Å²) in [5.41, 5.74) is 1.39. The van der Waals surface area contributed by atoms with Crippen molar-refractivity contribution in [1.29, 1.82) is 0 Å². The molecule has 0 unspecified atom stereocenters. The summed E-state index contributed by atoms with van der Waals surface area (Å²) >= 11 is 0. The summed E-state index contributed by atoms with van der Waals surface area (Å²) < 4.78 is 0. The third-order valence-electron chi connectivity index (χ3n) is 4.37. The Morgan fingerprint density at radius 2 is 1.89 bits per heavy atom. The minimum Gasteiger partial charge on any atom is -0.307 e. The molecule has 0 radical (unpaired) electrons. The maximum absolute atomic E-state index is 3.81. The second-order valence-corrected chi connectivity index (χ2v) is 5.91. The van der Waals surface area contributed by atoms with Gasteiger partial charge in [-0.05, 0) is 38.8 Å². The van der Waals surface area contributed by atoms with Crippen LogP contribution in [0, 0.1) is 5.92 Å². The zero-order valence-electron chi connectivity index (χ0n) is 12.1. The molecule has 18 heavy (non-hydrogen) atoms. The largest absolute Gasteiger partial charge is 0.307 e. The van der Waals surface area contributed by atoms with Crippen molar-refractivity contribution in [2.75, 3.05) is 13.6 Å². The zero-order valence-corrected chi connectivity index (χ0v) is 12.1. The lowest BCUT2D eigenvalue weighted by molar-refractivity contribution is 0.116. The molecule has 1 aromatic carbocycles. The number of rotatable bonds is 3. The molecule has 1 fully saturated rings. The van der Waals surface area contributed by atoms with Crippen LogP contribution < -0.4 is 5.32 Å². The number of hydrogen-bond acceptors (Lipinski definition) is 2. The quantitative estimate of drug-likeness (QED) is 0.882. The highest BCUT2D eigenvalue weighted by molar-refractivity contribution is 5.18. The van der Waals surface area contributed by atoms with Gasteiger partial charge >= 0.3 is 0 Å². The summed E-state index contributed by atoms with van der Waals surface area (Å²) in [4.78, 5) is 2.47. The Kier molecular flexibility index (Phi) is 4.41. The molecule has 1 aromatic rings. The first-order valence-corrected chi connectivity index (χ1v) is 7.09. The van der Waals surface area contributed by atoms with Gasteiger partial charge in [0, 0.05) is 24.7 Å². The Bertz CT molecular complexity index is 363. The zero-order chi connectivity index (χ0) is 13.1. The Balaban J connectivity index is 1.97. The van der Waals surface area contributed by atoms with Gasteiger partial charge in [-0.25, -0.2) is 0 Å². The van der Waals surface area contributed by atoms with Gasteiger partial charge < -0.3 is 10.2 Å². The highest BCUT2D eigenvalue weighted by Gasteiger charge is 2.29. The van der Waals surface area contributed by atoms with Crippen LogP contribution in [0.1, 0.15) is 38.8 Å². The van der Waals surface area contributed by atoms with Gasteiger partial charge in [-0.1, -0.05) is 37.3 Å². The third kappa shape index (κ3) is 3.12. The molecule has 0 bridgehead atoms. The van der Waals surface area contributed by atoms with E-state index in [9.17, 15) is 0 Å². The molecule has 4 atom stereocenters. The summed E-state index contributed by atoms with van der Waals surface area (Å²) in [7, 11) is 2.23. The van der Waals surface area contributed by atoms with Gasteiger partial charge in [-0.3, -0.25) is 0 Å². The van der Waals surface area contributed by atoms with Crippen LogP contribution in [-0.4, -0.2) is 30.6 Å². The van der Waals surface area contributed by atoms with E-state index in [0.29, 0.717) is 18.1 Å². The first-order chi connectivity index (χ1) is 8.58. The molecule has 1 heterocycles. The van der Waals surface area contributed by atoms with E-state index in [4.69, 9.17) is 0 Å². The van der Waals surface area contributed by atoms with Gasteiger partial charge in [0.05, 0.1) is 0 Å². The van der Waals surface area contributed by atoms with E-state index < -0.39 is 0 Å². The van der Waals surface area contributed by atoms with Crippen molar-refractivity contribution in [3.05, 3.63) is 35.9 Å². The highest BCUT2D eigenvalue weighted by atomic mass is 15.2. The smallest absolute Gasteiger partial charge is 0.0294 e. The molecule has 0 spiro atoms. The van der Waals surface area contributed by atoms with Crippen LogP contribution >= 0.6 is 0 Å². The number of hydrogen-bond donors (Lipinski definition) is 1. The van der Waals surface area contributed by atoms with Crippen molar-refractivity contribution < 1.29 is 0 Å². The fraction of sp³-hybridized carbons (Fsp3) is 0.625. The number of nitrogens with zero attached hydrogens (tertiary/aromatic N) is 1. The summed E-state index contributed by atoms with van der Waals surface area (Å²) in [6.45, 7) is 8.15. The van der Waals surface area contributed by atoms with Gasteiger partial charge in [-0.15, -0.1) is 0 Å². The number of nitrogens with one attached hydrogen (secondary N) is 1. The van der Waals surface area contributed by atoms with Crippen molar-refractivity contribution in [1.82, 2.24) is 10.2 Å². The van der Waals surface area contributed by atoms with Crippen molar-refractivity contribution in [2.24, 2.45) is 5.92 Å². The average Bonchev–Trinajstić information content (AvgIpc) is 2.37. The lowest BCUT2D eigenvalue weighted by atomic mass is 9.89. The molecule has 2 nitrogen and oxygen atoms in total. The van der Waals surface area contributed by atoms with Crippen LogP contribution in [0.2, 0.25) is 0 Å². The van der Waals surface area contributed by atoms with E-state index in [1.54, 1.807) is 0 Å². The molecule has 2 heteroatoms. The molecule has 0 saturated carbocycles. The van der Waals surface area contributed by atoms with E-state index in [2.05, 4.69) is 68.4 Å². The SMILES string of the molecule is C[C@H](N[C@H]1C[C@@H](C)N(C)C[C@H]1C)c1ccccc1. The standard InChI is InChI=1S/C16H26N2/c1-12-11-18(4)13(2)10-16(12)17-14(3)15-8-6-5-7-9-15/h5-9,12-14,16-17H,10-11H2,1-4H3/t12-,13-,14+,16+/m1/s1. The summed E-state index contributed by atoms with van der Waals surface area (Å²) in [5, 5.41) is 3.81. The Labute approximate surface area is 111 Å². The highest BCUT2D eigenvalue weighted by Crippen LogP contribution is 2.23. The molecule has 100 valence electrons. The maximum Gasteiger partial charge on any atom is 0.0294 e. The summed E-state index contributed by atoms with van der Waals surface area (Å²) in [6, 6.07) is 12.5. The molecule has 2 rings (SSSR count). The average molecular weight is 246 g/mol. The first kappa shape index (κ1) is 13.6. The van der Waals surface area contributed by atoms with E-state index in [1.807, 2.05) is 0 Å². The first-order valence-electron chi connectivity index (χ1n) is 7.09. The predicted octanol–water partition coefficient (Wildman–Crippen LogP) is 3.07. The fourth-order valence-corrected chi connectivity index (χ4v) is 2.93. The monoisotopic (exact) mass is 246 g/mol. The minimum atomic E-state index is 0.439. The molecular weight excluding hydrogens is 220 g/mol. The van der Waals surface area contributed by atoms with Crippen LogP contribution in [0.3, 0.4) is 0 Å². The van der Waals surface area contributed by atoms with Crippen molar-refractivity contribution >= 4 is 0 Å². The molecule has 1 aliphatic heterocycles. The van der Waals surface area contributed by atoms with E-state index >= 15 is 0 Å². The van der Waals surface area contributed by atoms with Gasteiger partial charge in [0.15, 0.2) is 0 Å². The van der Waals surface area contributed by atoms with Crippen LogP contribution in [0.5, 0.6) is 0 Å². The predicted molar refractivity (Wildman–Crippen MR) is 77.7 cm³/mol. The number of piperidine rings is 1. The van der Waals surface area contributed by atoms with E-state index in [0.717, 1.165) is 5.92 Å². The minimum absolute atomic E-state index is 0.439. The fourth-order valence-electron chi connectivity index (χ4n) is 2.93. The topological polar surface area (TPSA) is 15.3 Å². The molecule has 1 saturated heterocycles.